The number of ether oxygens (including phenoxy) is 1. The molecule has 0 spiro atoms. The van der Waals surface area contributed by atoms with Crippen LogP contribution in [0.4, 0.5) is 5.69 Å². The van der Waals surface area contributed by atoms with Gasteiger partial charge in [-0.1, -0.05) is 0 Å². The fourth-order valence-electron chi connectivity index (χ4n) is 1.63. The first-order valence-electron chi connectivity index (χ1n) is 5.66. The molecule has 0 atom stereocenters. The van der Waals surface area contributed by atoms with Crippen LogP contribution in [0.1, 0.15) is 11.1 Å². The van der Waals surface area contributed by atoms with E-state index in [9.17, 15) is 10.2 Å². The van der Waals surface area contributed by atoms with Crippen LogP contribution in [0, 0.1) is 6.92 Å². The molecule has 4 nitrogen and oxygen atoms in total. The molecule has 0 aliphatic rings. The molecule has 0 aliphatic carbocycles. The summed E-state index contributed by atoms with van der Waals surface area (Å²) in [6, 6.07) is 9.59. The molecule has 19 heavy (non-hydrogen) atoms. The fraction of sp³-hybridized carbons (Fsp3) is 0.0667. The quantitative estimate of drug-likeness (QED) is 0.655. The number of phenols is 2. The first kappa shape index (κ1) is 13.0. The Morgan fingerprint density at radius 2 is 1.95 bits per heavy atom. The highest BCUT2D eigenvalue weighted by Gasteiger charge is 2.01. The highest BCUT2D eigenvalue weighted by molar-refractivity contribution is 5.86. The Labute approximate surface area is 111 Å². The maximum Gasteiger partial charge on any atom is 0.124 e. The van der Waals surface area contributed by atoms with Crippen molar-refractivity contribution in [3.8, 4) is 17.2 Å². The molecule has 0 unspecified atom stereocenters. The van der Waals surface area contributed by atoms with Gasteiger partial charge in [0.2, 0.25) is 0 Å². The van der Waals surface area contributed by atoms with E-state index < -0.39 is 0 Å². The Bertz CT molecular complexity index is 621. The van der Waals surface area contributed by atoms with Gasteiger partial charge in [-0.15, -0.1) is 0 Å². The summed E-state index contributed by atoms with van der Waals surface area (Å²) in [6.07, 6.45) is 1.48. The van der Waals surface area contributed by atoms with Gasteiger partial charge in [0.05, 0.1) is 12.8 Å². The summed E-state index contributed by atoms with van der Waals surface area (Å²) in [6.45, 7) is 3.85. The third-order valence-corrected chi connectivity index (χ3v) is 2.63. The van der Waals surface area contributed by atoms with E-state index in [-0.39, 0.29) is 11.5 Å². The van der Waals surface area contributed by atoms with Gasteiger partial charge in [-0.05, 0) is 48.9 Å². The van der Waals surface area contributed by atoms with Crippen LogP contribution in [0.15, 0.2) is 41.4 Å². The van der Waals surface area contributed by atoms with Crippen molar-refractivity contribution < 1.29 is 14.9 Å². The summed E-state index contributed by atoms with van der Waals surface area (Å²) in [4.78, 5) is 4.22. The molecule has 1 radical (unpaired) electrons. The van der Waals surface area contributed by atoms with Crippen LogP contribution in [0.5, 0.6) is 17.2 Å². The number of aromatic hydroxyl groups is 2. The van der Waals surface area contributed by atoms with Crippen LogP contribution in [0.2, 0.25) is 0 Å². The second kappa shape index (κ2) is 5.44. The lowest BCUT2D eigenvalue weighted by atomic mass is 10.2. The summed E-state index contributed by atoms with van der Waals surface area (Å²) in [5.41, 5.74) is 1.87. The molecule has 0 heterocycles. The van der Waals surface area contributed by atoms with E-state index in [0.717, 1.165) is 5.56 Å². The van der Waals surface area contributed by atoms with Crippen molar-refractivity contribution >= 4 is 11.9 Å². The average Bonchev–Trinajstić information content (AvgIpc) is 2.40. The molecule has 2 aromatic rings. The van der Waals surface area contributed by atoms with Crippen LogP contribution in [-0.2, 0) is 0 Å². The molecule has 0 saturated heterocycles. The van der Waals surface area contributed by atoms with E-state index >= 15 is 0 Å². The second-order valence-corrected chi connectivity index (χ2v) is 4.00. The number of rotatable bonds is 3. The maximum absolute atomic E-state index is 9.62. The summed E-state index contributed by atoms with van der Waals surface area (Å²) >= 11 is 0. The van der Waals surface area contributed by atoms with E-state index in [1.165, 1.54) is 24.4 Å². The molecule has 0 fully saturated rings. The van der Waals surface area contributed by atoms with Gasteiger partial charge in [0.1, 0.15) is 17.2 Å². The zero-order valence-corrected chi connectivity index (χ0v) is 10.5. The first-order valence-corrected chi connectivity index (χ1v) is 5.66. The third kappa shape index (κ3) is 3.04. The van der Waals surface area contributed by atoms with Gasteiger partial charge in [-0.3, -0.25) is 4.99 Å². The largest absolute Gasteiger partial charge is 0.508 e. The zero-order chi connectivity index (χ0) is 13.8. The summed E-state index contributed by atoms with van der Waals surface area (Å²) in [5, 5.41) is 19.0. The van der Waals surface area contributed by atoms with E-state index in [1.807, 2.05) is 0 Å². The number of methoxy groups -OCH3 is 1. The summed E-state index contributed by atoms with van der Waals surface area (Å²) in [5.74, 6) is 0.830. The van der Waals surface area contributed by atoms with Gasteiger partial charge < -0.3 is 14.9 Å². The molecular formula is C15H14NO3. The topological polar surface area (TPSA) is 62.1 Å². The number of nitrogens with zero attached hydrogens (tertiary/aromatic N) is 1. The molecule has 0 bridgehead atoms. The van der Waals surface area contributed by atoms with Gasteiger partial charge in [-0.25, -0.2) is 0 Å². The van der Waals surface area contributed by atoms with E-state index in [0.29, 0.717) is 17.0 Å². The predicted octanol–water partition coefficient (Wildman–Crippen LogP) is 3.04. The average molecular weight is 256 g/mol. The maximum atomic E-state index is 9.62. The van der Waals surface area contributed by atoms with Crippen molar-refractivity contribution in [2.75, 3.05) is 7.11 Å². The smallest absolute Gasteiger partial charge is 0.124 e. The van der Waals surface area contributed by atoms with Crippen LogP contribution in [0.3, 0.4) is 0 Å². The Kier molecular flexibility index (Phi) is 3.71. The van der Waals surface area contributed by atoms with E-state index in [4.69, 9.17) is 4.74 Å². The number of hydrogen-bond donors (Lipinski definition) is 2. The highest BCUT2D eigenvalue weighted by Crippen LogP contribution is 2.24. The van der Waals surface area contributed by atoms with Crippen molar-refractivity contribution in [1.82, 2.24) is 0 Å². The Hall–Kier alpha value is -2.49. The highest BCUT2D eigenvalue weighted by atomic mass is 16.5. The zero-order valence-electron chi connectivity index (χ0n) is 10.5. The lowest BCUT2D eigenvalue weighted by Gasteiger charge is -2.04. The lowest BCUT2D eigenvalue weighted by molar-refractivity contribution is 0.413. The van der Waals surface area contributed by atoms with Crippen LogP contribution < -0.4 is 4.74 Å². The molecule has 0 aromatic heterocycles. The lowest BCUT2D eigenvalue weighted by Crippen LogP contribution is -1.86. The van der Waals surface area contributed by atoms with Gasteiger partial charge in [0.15, 0.2) is 0 Å². The van der Waals surface area contributed by atoms with Gasteiger partial charge in [0.25, 0.3) is 0 Å². The Morgan fingerprint density at radius 3 is 2.63 bits per heavy atom. The molecular weight excluding hydrogens is 242 g/mol. The molecule has 4 heteroatoms. The summed E-state index contributed by atoms with van der Waals surface area (Å²) < 4.78 is 5.11. The minimum Gasteiger partial charge on any atom is -0.508 e. The number of benzene rings is 2. The van der Waals surface area contributed by atoms with Gasteiger partial charge in [-0.2, -0.15) is 0 Å². The molecule has 0 saturated carbocycles. The molecule has 2 aromatic carbocycles. The van der Waals surface area contributed by atoms with Gasteiger partial charge in [0, 0.05) is 11.8 Å². The minimum absolute atomic E-state index is 0.0601. The molecule has 0 amide bonds. The third-order valence-electron chi connectivity index (χ3n) is 2.63. The van der Waals surface area contributed by atoms with Crippen LogP contribution in [-0.4, -0.2) is 23.5 Å². The molecule has 0 aliphatic heterocycles. The first-order chi connectivity index (χ1) is 9.10. The minimum atomic E-state index is 0.0601. The monoisotopic (exact) mass is 256 g/mol. The predicted molar refractivity (Wildman–Crippen MR) is 74.5 cm³/mol. The van der Waals surface area contributed by atoms with E-state index in [2.05, 4.69) is 11.9 Å². The van der Waals surface area contributed by atoms with Crippen molar-refractivity contribution in [3.05, 3.63) is 54.4 Å². The van der Waals surface area contributed by atoms with Gasteiger partial charge >= 0.3 is 0 Å². The van der Waals surface area contributed by atoms with Crippen LogP contribution >= 0.6 is 0 Å². The fourth-order valence-corrected chi connectivity index (χ4v) is 1.63. The number of phenolic OH excluding ortho intramolecular Hbond substituents is 2. The van der Waals surface area contributed by atoms with Crippen LogP contribution in [0.25, 0.3) is 0 Å². The van der Waals surface area contributed by atoms with E-state index in [1.54, 1.807) is 25.3 Å². The Balaban J connectivity index is 2.27. The normalized spacial score (nSPS) is 10.8. The SMILES string of the molecule is [CH2]c1cc(/N=C/c2cc(O)ccc2O)ccc1OC. The Morgan fingerprint density at radius 1 is 1.16 bits per heavy atom. The molecule has 2 rings (SSSR count). The molecule has 2 N–H and O–H groups in total. The van der Waals surface area contributed by atoms with Crippen molar-refractivity contribution in [2.24, 2.45) is 4.99 Å². The van der Waals surface area contributed by atoms with Crippen molar-refractivity contribution in [1.29, 1.82) is 0 Å². The second-order valence-electron chi connectivity index (χ2n) is 4.00. The summed E-state index contributed by atoms with van der Waals surface area (Å²) in [7, 11) is 1.58. The molecule has 97 valence electrons. The van der Waals surface area contributed by atoms with Crippen molar-refractivity contribution in [3.63, 3.8) is 0 Å². The van der Waals surface area contributed by atoms with Crippen molar-refractivity contribution in [2.45, 2.75) is 0 Å². The standard InChI is InChI=1S/C15H14NO3/c1-10-7-12(3-6-15(10)19-2)16-9-11-8-13(17)4-5-14(11)18/h3-9,17-18H,1H2,2H3/b16-9+. The number of aliphatic imine (C=N–C) groups is 1. The number of hydrogen-bond acceptors (Lipinski definition) is 4.